The third-order valence-corrected chi connectivity index (χ3v) is 2.46. The number of likely N-dealkylation sites (N-methyl/N-ethyl adjacent to an activating group) is 1. The van der Waals surface area contributed by atoms with Gasteiger partial charge in [0.15, 0.2) is 0 Å². The number of hydrogen-bond donors (Lipinski definition) is 1. The topological polar surface area (TPSA) is 21.3 Å². The van der Waals surface area contributed by atoms with Crippen LogP contribution in [0.1, 0.15) is 12.5 Å². The zero-order chi connectivity index (χ0) is 12.9. The molecule has 0 saturated heterocycles. The molecule has 1 atom stereocenters. The summed E-state index contributed by atoms with van der Waals surface area (Å²) in [5.41, 5.74) is 0.554. The van der Waals surface area contributed by atoms with Crippen molar-refractivity contribution in [2.45, 2.75) is 25.6 Å². The molecule has 0 spiro atoms. The maximum atomic E-state index is 12.7. The molecule has 2 nitrogen and oxygen atoms in total. The molecule has 0 saturated carbocycles. The molecule has 0 aliphatic heterocycles. The van der Waals surface area contributed by atoms with Crippen LogP contribution in [0, 0.1) is 0 Å². The van der Waals surface area contributed by atoms with Crippen molar-refractivity contribution in [2.75, 3.05) is 13.7 Å². The normalized spacial score (nSPS) is 13.5. The van der Waals surface area contributed by atoms with Crippen LogP contribution in [0.2, 0.25) is 0 Å². The number of ether oxygens (including phenoxy) is 1. The highest BCUT2D eigenvalue weighted by atomic mass is 19.4. The second-order valence-electron chi connectivity index (χ2n) is 3.67. The van der Waals surface area contributed by atoms with E-state index >= 15 is 0 Å². The van der Waals surface area contributed by atoms with E-state index in [0.717, 1.165) is 0 Å². The Balaban J connectivity index is 2.86. The number of methoxy groups -OCH3 is 1. The molecule has 1 aromatic carbocycles. The lowest BCUT2D eigenvalue weighted by atomic mass is 10.0. The second kappa shape index (κ2) is 5.91. The van der Waals surface area contributed by atoms with Gasteiger partial charge in [0.05, 0.1) is 7.11 Å². The highest BCUT2D eigenvalue weighted by Crippen LogP contribution is 2.26. The minimum Gasteiger partial charge on any atom is -0.496 e. The smallest absolute Gasteiger partial charge is 0.404 e. The molecular weight excluding hydrogens is 231 g/mol. The second-order valence-corrected chi connectivity index (χ2v) is 3.67. The molecule has 1 aromatic rings. The van der Waals surface area contributed by atoms with Crippen LogP contribution < -0.4 is 10.1 Å². The van der Waals surface area contributed by atoms with Crippen molar-refractivity contribution in [3.05, 3.63) is 29.8 Å². The van der Waals surface area contributed by atoms with Gasteiger partial charge in [-0.3, -0.25) is 0 Å². The average Bonchev–Trinajstić information content (AvgIpc) is 2.28. The van der Waals surface area contributed by atoms with Gasteiger partial charge in [-0.15, -0.1) is 0 Å². The Morgan fingerprint density at radius 1 is 1.29 bits per heavy atom. The van der Waals surface area contributed by atoms with Gasteiger partial charge < -0.3 is 10.1 Å². The monoisotopic (exact) mass is 247 g/mol. The quantitative estimate of drug-likeness (QED) is 0.863. The minimum absolute atomic E-state index is 0.124. The van der Waals surface area contributed by atoms with Gasteiger partial charge >= 0.3 is 6.18 Å². The third kappa shape index (κ3) is 3.93. The summed E-state index contributed by atoms with van der Waals surface area (Å²) in [6, 6.07) is 5.21. The van der Waals surface area contributed by atoms with Gasteiger partial charge in [0, 0.05) is 6.42 Å². The van der Waals surface area contributed by atoms with Gasteiger partial charge in [0.1, 0.15) is 11.8 Å². The van der Waals surface area contributed by atoms with E-state index in [1.807, 2.05) is 0 Å². The van der Waals surface area contributed by atoms with Crippen molar-refractivity contribution in [3.8, 4) is 5.75 Å². The van der Waals surface area contributed by atoms with Crippen molar-refractivity contribution in [3.63, 3.8) is 0 Å². The number of hydrogen-bond acceptors (Lipinski definition) is 2. The molecule has 96 valence electrons. The van der Waals surface area contributed by atoms with Crippen LogP contribution in [-0.2, 0) is 6.42 Å². The highest BCUT2D eigenvalue weighted by molar-refractivity contribution is 5.34. The van der Waals surface area contributed by atoms with Gasteiger partial charge in [0.25, 0.3) is 0 Å². The van der Waals surface area contributed by atoms with E-state index in [0.29, 0.717) is 11.3 Å². The summed E-state index contributed by atoms with van der Waals surface area (Å²) in [7, 11) is 1.45. The van der Waals surface area contributed by atoms with E-state index in [4.69, 9.17) is 4.74 Å². The van der Waals surface area contributed by atoms with Gasteiger partial charge in [-0.1, -0.05) is 25.1 Å². The van der Waals surface area contributed by atoms with E-state index < -0.39 is 12.2 Å². The lowest BCUT2D eigenvalue weighted by Gasteiger charge is -2.21. The maximum absolute atomic E-state index is 12.7. The summed E-state index contributed by atoms with van der Waals surface area (Å²) in [6.45, 7) is 1.93. The van der Waals surface area contributed by atoms with Gasteiger partial charge in [-0.2, -0.15) is 13.2 Å². The van der Waals surface area contributed by atoms with Crippen LogP contribution >= 0.6 is 0 Å². The fraction of sp³-hybridized carbons (Fsp3) is 0.500. The van der Waals surface area contributed by atoms with Crippen molar-refractivity contribution in [2.24, 2.45) is 0 Å². The Kier molecular flexibility index (Phi) is 4.81. The Labute approximate surface area is 98.8 Å². The SMILES string of the molecule is CCNC(Cc1ccccc1OC)C(F)(F)F. The number of rotatable bonds is 5. The number of alkyl halides is 3. The predicted molar refractivity (Wildman–Crippen MR) is 60.2 cm³/mol. The predicted octanol–water partition coefficient (Wildman–Crippen LogP) is 2.78. The molecule has 0 radical (unpaired) electrons. The van der Waals surface area contributed by atoms with Gasteiger partial charge in [-0.25, -0.2) is 0 Å². The Bertz CT molecular complexity index is 352. The summed E-state index contributed by atoms with van der Waals surface area (Å²) in [5.74, 6) is 0.486. The number of halogens is 3. The number of para-hydroxylation sites is 1. The van der Waals surface area contributed by atoms with Crippen LogP contribution in [0.5, 0.6) is 5.75 Å². The fourth-order valence-electron chi connectivity index (χ4n) is 1.64. The molecule has 0 fully saturated rings. The molecule has 1 N–H and O–H groups in total. The molecule has 0 amide bonds. The molecule has 5 heteroatoms. The van der Waals surface area contributed by atoms with E-state index in [1.165, 1.54) is 7.11 Å². The van der Waals surface area contributed by atoms with E-state index in [1.54, 1.807) is 31.2 Å². The van der Waals surface area contributed by atoms with Crippen LogP contribution in [-0.4, -0.2) is 25.9 Å². The number of benzene rings is 1. The minimum atomic E-state index is -4.25. The third-order valence-electron chi connectivity index (χ3n) is 2.46. The van der Waals surface area contributed by atoms with Crippen molar-refractivity contribution < 1.29 is 17.9 Å². The Morgan fingerprint density at radius 2 is 1.94 bits per heavy atom. The lowest BCUT2D eigenvalue weighted by Crippen LogP contribution is -2.43. The van der Waals surface area contributed by atoms with E-state index in [-0.39, 0.29) is 13.0 Å². The first kappa shape index (κ1) is 13.8. The zero-order valence-corrected chi connectivity index (χ0v) is 9.84. The molecule has 0 aliphatic carbocycles. The Hall–Kier alpha value is -1.23. The van der Waals surface area contributed by atoms with Crippen molar-refractivity contribution in [1.82, 2.24) is 5.32 Å². The standard InChI is InChI=1S/C12H16F3NO/c1-3-16-11(12(13,14)15)8-9-6-4-5-7-10(9)17-2/h4-7,11,16H,3,8H2,1-2H3. The summed E-state index contributed by atoms with van der Waals surface area (Å²) >= 11 is 0. The maximum Gasteiger partial charge on any atom is 0.404 e. The summed E-state index contributed by atoms with van der Waals surface area (Å²) in [6.07, 6.45) is -4.38. The fourth-order valence-corrected chi connectivity index (χ4v) is 1.64. The highest BCUT2D eigenvalue weighted by Gasteiger charge is 2.39. The molecule has 0 aromatic heterocycles. The molecule has 0 heterocycles. The van der Waals surface area contributed by atoms with Crippen LogP contribution in [0.4, 0.5) is 13.2 Å². The van der Waals surface area contributed by atoms with Crippen LogP contribution in [0.25, 0.3) is 0 Å². The van der Waals surface area contributed by atoms with Crippen molar-refractivity contribution in [1.29, 1.82) is 0 Å². The van der Waals surface area contributed by atoms with Crippen LogP contribution in [0.3, 0.4) is 0 Å². The average molecular weight is 247 g/mol. The summed E-state index contributed by atoms with van der Waals surface area (Å²) in [4.78, 5) is 0. The largest absolute Gasteiger partial charge is 0.496 e. The summed E-state index contributed by atoms with van der Waals surface area (Å²) < 4.78 is 43.2. The first-order valence-electron chi connectivity index (χ1n) is 5.41. The zero-order valence-electron chi connectivity index (χ0n) is 9.84. The number of nitrogens with one attached hydrogen (secondary N) is 1. The van der Waals surface area contributed by atoms with E-state index in [9.17, 15) is 13.2 Å². The van der Waals surface area contributed by atoms with Crippen molar-refractivity contribution >= 4 is 0 Å². The Morgan fingerprint density at radius 3 is 2.47 bits per heavy atom. The lowest BCUT2D eigenvalue weighted by molar-refractivity contribution is -0.155. The first-order chi connectivity index (χ1) is 7.99. The molecule has 0 bridgehead atoms. The van der Waals surface area contributed by atoms with Crippen LogP contribution in [0.15, 0.2) is 24.3 Å². The molecule has 1 unspecified atom stereocenters. The van der Waals surface area contributed by atoms with Gasteiger partial charge in [0.2, 0.25) is 0 Å². The first-order valence-corrected chi connectivity index (χ1v) is 5.41. The summed E-state index contributed by atoms with van der Waals surface area (Å²) in [5, 5.41) is 2.44. The van der Waals surface area contributed by atoms with E-state index in [2.05, 4.69) is 5.32 Å². The van der Waals surface area contributed by atoms with Gasteiger partial charge in [-0.05, 0) is 18.2 Å². The molecule has 1 rings (SSSR count). The molecule has 17 heavy (non-hydrogen) atoms. The molecular formula is C12H16F3NO. The molecule has 0 aliphatic rings.